The van der Waals surface area contributed by atoms with Crippen LogP contribution in [0.4, 0.5) is 11.4 Å². The normalized spacial score (nSPS) is 11.8. The minimum absolute atomic E-state index is 0.280. The second-order valence-electron chi connectivity index (χ2n) is 4.59. The van der Waals surface area contributed by atoms with Crippen LogP contribution in [0.15, 0.2) is 42.5 Å². The number of para-hydroxylation sites is 1. The second kappa shape index (κ2) is 7.38. The summed E-state index contributed by atoms with van der Waals surface area (Å²) in [5, 5.41) is 3.98. The molecule has 4 nitrogen and oxygen atoms in total. The summed E-state index contributed by atoms with van der Waals surface area (Å²) in [7, 11) is 0. The van der Waals surface area contributed by atoms with Gasteiger partial charge in [-0.1, -0.05) is 41.4 Å². The Labute approximate surface area is 139 Å². The van der Waals surface area contributed by atoms with Crippen LogP contribution in [-0.2, 0) is 9.53 Å². The highest BCUT2D eigenvalue weighted by molar-refractivity contribution is 6.33. The van der Waals surface area contributed by atoms with Crippen LogP contribution in [0.1, 0.15) is 18.5 Å². The first-order valence-corrected chi connectivity index (χ1v) is 7.51. The lowest BCUT2D eigenvalue weighted by Crippen LogP contribution is -2.23. The molecule has 0 saturated carbocycles. The Kier molecular flexibility index (Phi) is 5.52. The molecule has 0 radical (unpaired) electrons. The average Bonchev–Trinajstić information content (AvgIpc) is 2.49. The molecule has 0 aromatic heterocycles. The molecule has 2 rings (SSSR count). The number of hydrogen-bond donors (Lipinski definition) is 2. The molecule has 0 saturated heterocycles. The fourth-order valence-electron chi connectivity index (χ4n) is 1.96. The highest BCUT2D eigenvalue weighted by Gasteiger charge is 2.23. The van der Waals surface area contributed by atoms with E-state index in [0.717, 1.165) is 0 Å². The lowest BCUT2D eigenvalue weighted by atomic mass is 10.1. The topological polar surface area (TPSA) is 64.3 Å². The van der Waals surface area contributed by atoms with Gasteiger partial charge in [0.2, 0.25) is 0 Å². The van der Waals surface area contributed by atoms with Crippen LogP contribution in [0, 0.1) is 0 Å². The van der Waals surface area contributed by atoms with Gasteiger partial charge in [0.15, 0.2) is 6.04 Å². The maximum Gasteiger partial charge on any atom is 0.333 e. The highest BCUT2D eigenvalue weighted by Crippen LogP contribution is 2.29. The van der Waals surface area contributed by atoms with Crippen LogP contribution >= 0.6 is 23.2 Å². The Morgan fingerprint density at radius 3 is 2.59 bits per heavy atom. The van der Waals surface area contributed by atoms with Crippen molar-refractivity contribution in [2.45, 2.75) is 13.0 Å². The van der Waals surface area contributed by atoms with E-state index in [2.05, 4.69) is 5.32 Å². The molecule has 2 aromatic carbocycles. The fourth-order valence-corrected chi connectivity index (χ4v) is 2.34. The van der Waals surface area contributed by atoms with E-state index in [1.807, 2.05) is 12.1 Å². The van der Waals surface area contributed by atoms with Crippen LogP contribution in [0.5, 0.6) is 0 Å². The SMILES string of the molecule is CCOC(=O)C(Nc1ccccc1Cl)c1ccc(N)c(Cl)c1. The van der Waals surface area contributed by atoms with E-state index in [0.29, 0.717) is 27.0 Å². The fraction of sp³-hybridized carbons (Fsp3) is 0.188. The number of nitrogens with one attached hydrogen (secondary N) is 1. The first-order valence-electron chi connectivity index (χ1n) is 6.75. The minimum Gasteiger partial charge on any atom is -0.464 e. The molecule has 0 heterocycles. The molecule has 6 heteroatoms. The predicted molar refractivity (Wildman–Crippen MR) is 90.3 cm³/mol. The summed E-state index contributed by atoms with van der Waals surface area (Å²) >= 11 is 12.2. The van der Waals surface area contributed by atoms with E-state index in [1.54, 1.807) is 37.3 Å². The second-order valence-corrected chi connectivity index (χ2v) is 5.40. The van der Waals surface area contributed by atoms with Gasteiger partial charge in [0.05, 0.1) is 28.0 Å². The summed E-state index contributed by atoms with van der Waals surface area (Å²) < 4.78 is 5.12. The number of nitrogens with two attached hydrogens (primary N) is 1. The van der Waals surface area contributed by atoms with Crippen molar-refractivity contribution in [3.8, 4) is 0 Å². The molecule has 0 aliphatic rings. The van der Waals surface area contributed by atoms with Crippen LogP contribution in [-0.4, -0.2) is 12.6 Å². The summed E-state index contributed by atoms with van der Waals surface area (Å²) in [4.78, 5) is 12.3. The van der Waals surface area contributed by atoms with Crippen molar-refractivity contribution in [1.82, 2.24) is 0 Å². The molecule has 1 unspecified atom stereocenters. The number of nitrogen functional groups attached to an aromatic ring is 1. The molecule has 0 fully saturated rings. The van der Waals surface area contributed by atoms with Gasteiger partial charge < -0.3 is 15.8 Å². The van der Waals surface area contributed by atoms with Crippen molar-refractivity contribution in [3.63, 3.8) is 0 Å². The van der Waals surface area contributed by atoms with Crippen molar-refractivity contribution in [1.29, 1.82) is 0 Å². The smallest absolute Gasteiger partial charge is 0.333 e. The molecule has 116 valence electrons. The molecule has 0 aliphatic carbocycles. The van der Waals surface area contributed by atoms with Gasteiger partial charge in [0, 0.05) is 0 Å². The molecule has 1 atom stereocenters. The monoisotopic (exact) mass is 338 g/mol. The molecular weight excluding hydrogens is 323 g/mol. The zero-order valence-electron chi connectivity index (χ0n) is 12.0. The number of carbonyl (C=O) groups is 1. The number of carbonyl (C=O) groups excluding carboxylic acids is 1. The number of rotatable bonds is 5. The zero-order valence-corrected chi connectivity index (χ0v) is 13.5. The molecule has 2 aromatic rings. The maximum absolute atomic E-state index is 12.3. The van der Waals surface area contributed by atoms with Crippen molar-refractivity contribution >= 4 is 40.5 Å². The third-order valence-corrected chi connectivity index (χ3v) is 3.71. The van der Waals surface area contributed by atoms with Crippen molar-refractivity contribution in [2.24, 2.45) is 0 Å². The summed E-state index contributed by atoms with van der Waals surface area (Å²) in [5.41, 5.74) is 7.45. The average molecular weight is 339 g/mol. The van der Waals surface area contributed by atoms with Crippen molar-refractivity contribution in [3.05, 3.63) is 58.1 Å². The lowest BCUT2D eigenvalue weighted by molar-refractivity contribution is -0.144. The Balaban J connectivity index is 2.36. The van der Waals surface area contributed by atoms with E-state index in [1.165, 1.54) is 0 Å². The van der Waals surface area contributed by atoms with Crippen LogP contribution in [0.25, 0.3) is 0 Å². The Bertz CT molecular complexity index is 677. The molecule has 22 heavy (non-hydrogen) atoms. The minimum atomic E-state index is -0.724. The number of esters is 1. The Morgan fingerprint density at radius 1 is 1.23 bits per heavy atom. The maximum atomic E-state index is 12.3. The number of ether oxygens (including phenoxy) is 1. The summed E-state index contributed by atoms with van der Waals surface area (Å²) in [6, 6.07) is 11.5. The molecule has 0 aliphatic heterocycles. The highest BCUT2D eigenvalue weighted by atomic mass is 35.5. The van der Waals surface area contributed by atoms with Gasteiger partial charge in [-0.15, -0.1) is 0 Å². The molecule has 3 N–H and O–H groups in total. The number of hydrogen-bond acceptors (Lipinski definition) is 4. The molecule has 0 amide bonds. The van der Waals surface area contributed by atoms with Gasteiger partial charge >= 0.3 is 5.97 Å². The van der Waals surface area contributed by atoms with E-state index in [-0.39, 0.29) is 6.61 Å². The number of anilines is 2. The van der Waals surface area contributed by atoms with Gasteiger partial charge in [-0.25, -0.2) is 4.79 Å². The number of benzene rings is 2. The largest absolute Gasteiger partial charge is 0.464 e. The van der Waals surface area contributed by atoms with Gasteiger partial charge in [-0.3, -0.25) is 0 Å². The quantitative estimate of drug-likeness (QED) is 0.630. The van der Waals surface area contributed by atoms with Gasteiger partial charge in [0.1, 0.15) is 0 Å². The van der Waals surface area contributed by atoms with Crippen LogP contribution in [0.3, 0.4) is 0 Å². The van der Waals surface area contributed by atoms with Crippen LogP contribution < -0.4 is 11.1 Å². The van der Waals surface area contributed by atoms with E-state index in [9.17, 15) is 4.79 Å². The van der Waals surface area contributed by atoms with Crippen LogP contribution in [0.2, 0.25) is 10.0 Å². The summed E-state index contributed by atoms with van der Waals surface area (Å²) in [6.07, 6.45) is 0. The first kappa shape index (κ1) is 16.5. The lowest BCUT2D eigenvalue weighted by Gasteiger charge is -2.20. The molecule has 0 bridgehead atoms. The van der Waals surface area contributed by atoms with Gasteiger partial charge in [0.25, 0.3) is 0 Å². The molecule has 0 spiro atoms. The zero-order chi connectivity index (χ0) is 16.1. The van der Waals surface area contributed by atoms with Gasteiger partial charge in [-0.05, 0) is 36.8 Å². The number of halogens is 2. The Hall–Kier alpha value is -1.91. The first-order chi connectivity index (χ1) is 10.5. The third-order valence-electron chi connectivity index (χ3n) is 3.05. The molecular formula is C16H16Cl2N2O2. The third kappa shape index (κ3) is 3.84. The predicted octanol–water partition coefficient (Wildman–Crippen LogP) is 4.29. The van der Waals surface area contributed by atoms with Crippen molar-refractivity contribution < 1.29 is 9.53 Å². The summed E-state index contributed by atoms with van der Waals surface area (Å²) in [6.45, 7) is 2.03. The van der Waals surface area contributed by atoms with E-state index >= 15 is 0 Å². The van der Waals surface area contributed by atoms with Crippen molar-refractivity contribution in [2.75, 3.05) is 17.7 Å². The standard InChI is InChI=1S/C16H16Cl2N2O2/c1-2-22-16(21)15(10-7-8-13(19)12(18)9-10)20-14-6-4-3-5-11(14)17/h3-9,15,20H,2,19H2,1H3. The van der Waals surface area contributed by atoms with E-state index in [4.69, 9.17) is 33.7 Å². The van der Waals surface area contributed by atoms with Gasteiger partial charge in [-0.2, -0.15) is 0 Å². The van der Waals surface area contributed by atoms with E-state index < -0.39 is 12.0 Å². The summed E-state index contributed by atoms with van der Waals surface area (Å²) in [5.74, 6) is -0.414. The Morgan fingerprint density at radius 2 is 1.95 bits per heavy atom.